The van der Waals surface area contributed by atoms with E-state index in [1.54, 1.807) is 12.1 Å². The van der Waals surface area contributed by atoms with Crippen molar-refractivity contribution in [2.75, 3.05) is 6.54 Å². The fourth-order valence-corrected chi connectivity index (χ4v) is 2.09. The van der Waals surface area contributed by atoms with Crippen LogP contribution in [0.15, 0.2) is 18.2 Å². The number of amides is 1. The van der Waals surface area contributed by atoms with Gasteiger partial charge in [-0.25, -0.2) is 0 Å². The molecule has 1 unspecified atom stereocenters. The van der Waals surface area contributed by atoms with Crippen LogP contribution in [0.3, 0.4) is 0 Å². The number of rotatable bonds is 5. The molecule has 0 saturated carbocycles. The first-order valence-electron chi connectivity index (χ1n) is 5.88. The molecule has 1 amide bonds. The van der Waals surface area contributed by atoms with Crippen molar-refractivity contribution in [2.24, 2.45) is 0 Å². The van der Waals surface area contributed by atoms with Crippen molar-refractivity contribution < 1.29 is 4.79 Å². The lowest BCUT2D eigenvalue weighted by molar-refractivity contribution is -0.121. The summed E-state index contributed by atoms with van der Waals surface area (Å²) in [5.74, 6) is -0.0535. The number of halogens is 2. The minimum atomic E-state index is -0.142. The van der Waals surface area contributed by atoms with Gasteiger partial charge in [0, 0.05) is 16.1 Å². The SMILES string of the molecule is CC(C)NCC(=O)NC(C)c1ccc(Cl)cc1Cl. The average Bonchev–Trinajstić information content (AvgIpc) is 2.26. The Labute approximate surface area is 118 Å². The molecule has 2 N–H and O–H groups in total. The summed E-state index contributed by atoms with van der Waals surface area (Å²) < 4.78 is 0. The lowest BCUT2D eigenvalue weighted by Crippen LogP contribution is -2.38. The largest absolute Gasteiger partial charge is 0.348 e. The predicted molar refractivity (Wildman–Crippen MR) is 76.2 cm³/mol. The molecule has 1 rings (SSSR count). The highest BCUT2D eigenvalue weighted by molar-refractivity contribution is 6.35. The Morgan fingerprint density at radius 2 is 1.94 bits per heavy atom. The van der Waals surface area contributed by atoms with Gasteiger partial charge in [0.15, 0.2) is 0 Å². The molecular formula is C13H18Cl2N2O. The molecule has 0 aliphatic rings. The van der Waals surface area contributed by atoms with Gasteiger partial charge in [-0.1, -0.05) is 43.1 Å². The molecule has 0 saturated heterocycles. The van der Waals surface area contributed by atoms with E-state index in [0.717, 1.165) is 5.56 Å². The summed E-state index contributed by atoms with van der Waals surface area (Å²) in [6.07, 6.45) is 0. The summed E-state index contributed by atoms with van der Waals surface area (Å²) in [5, 5.41) is 7.09. The summed E-state index contributed by atoms with van der Waals surface area (Å²) in [4.78, 5) is 11.7. The van der Waals surface area contributed by atoms with Gasteiger partial charge >= 0.3 is 0 Å². The Balaban J connectivity index is 2.59. The first-order valence-corrected chi connectivity index (χ1v) is 6.63. The highest BCUT2D eigenvalue weighted by atomic mass is 35.5. The second kappa shape index (κ2) is 6.98. The zero-order valence-electron chi connectivity index (χ0n) is 10.8. The molecular weight excluding hydrogens is 271 g/mol. The zero-order chi connectivity index (χ0) is 13.7. The van der Waals surface area contributed by atoms with E-state index < -0.39 is 0 Å². The van der Waals surface area contributed by atoms with Crippen molar-refractivity contribution in [3.63, 3.8) is 0 Å². The number of hydrogen-bond donors (Lipinski definition) is 2. The normalized spacial score (nSPS) is 12.6. The molecule has 0 aliphatic carbocycles. The lowest BCUT2D eigenvalue weighted by atomic mass is 10.1. The van der Waals surface area contributed by atoms with Gasteiger partial charge < -0.3 is 10.6 Å². The summed E-state index contributed by atoms with van der Waals surface area (Å²) in [6, 6.07) is 5.40. The minimum Gasteiger partial charge on any atom is -0.348 e. The van der Waals surface area contributed by atoms with E-state index in [4.69, 9.17) is 23.2 Å². The molecule has 0 aliphatic heterocycles. The van der Waals surface area contributed by atoms with Gasteiger partial charge in [-0.3, -0.25) is 4.79 Å². The number of hydrogen-bond acceptors (Lipinski definition) is 2. The molecule has 0 bridgehead atoms. The number of nitrogens with one attached hydrogen (secondary N) is 2. The molecule has 1 aromatic carbocycles. The van der Waals surface area contributed by atoms with Gasteiger partial charge in [-0.15, -0.1) is 0 Å². The molecule has 0 radical (unpaired) electrons. The first-order chi connectivity index (χ1) is 8.40. The van der Waals surface area contributed by atoms with E-state index >= 15 is 0 Å². The van der Waals surface area contributed by atoms with Gasteiger partial charge in [0.1, 0.15) is 0 Å². The van der Waals surface area contributed by atoms with Gasteiger partial charge in [-0.2, -0.15) is 0 Å². The van der Waals surface area contributed by atoms with E-state index in [2.05, 4.69) is 10.6 Å². The average molecular weight is 289 g/mol. The molecule has 100 valence electrons. The molecule has 0 aromatic heterocycles. The summed E-state index contributed by atoms with van der Waals surface area (Å²) in [5.41, 5.74) is 0.860. The van der Waals surface area contributed by atoms with Gasteiger partial charge in [0.2, 0.25) is 5.91 Å². The molecule has 0 fully saturated rings. The van der Waals surface area contributed by atoms with Crippen molar-refractivity contribution in [3.8, 4) is 0 Å². The third-order valence-corrected chi connectivity index (χ3v) is 3.04. The van der Waals surface area contributed by atoms with Gasteiger partial charge in [-0.05, 0) is 24.6 Å². The van der Waals surface area contributed by atoms with Crippen molar-refractivity contribution >= 4 is 29.1 Å². The Kier molecular flexibility index (Phi) is 5.93. The number of benzene rings is 1. The van der Waals surface area contributed by atoms with Crippen LogP contribution in [0.1, 0.15) is 32.4 Å². The van der Waals surface area contributed by atoms with Crippen LogP contribution < -0.4 is 10.6 Å². The zero-order valence-corrected chi connectivity index (χ0v) is 12.3. The first kappa shape index (κ1) is 15.3. The smallest absolute Gasteiger partial charge is 0.234 e. The van der Waals surface area contributed by atoms with Crippen LogP contribution in [-0.4, -0.2) is 18.5 Å². The lowest BCUT2D eigenvalue weighted by Gasteiger charge is -2.17. The standard InChI is InChI=1S/C13H18Cl2N2O/c1-8(2)16-7-13(18)17-9(3)11-5-4-10(14)6-12(11)15/h4-6,8-9,16H,7H2,1-3H3,(H,17,18). The van der Waals surface area contributed by atoms with Gasteiger partial charge in [0.25, 0.3) is 0 Å². The quantitative estimate of drug-likeness (QED) is 0.874. The molecule has 0 spiro atoms. The van der Waals surface area contributed by atoms with Crippen molar-refractivity contribution in [1.29, 1.82) is 0 Å². The van der Waals surface area contributed by atoms with Crippen molar-refractivity contribution in [2.45, 2.75) is 32.9 Å². The van der Waals surface area contributed by atoms with Gasteiger partial charge in [0.05, 0.1) is 12.6 Å². The summed E-state index contributed by atoms with van der Waals surface area (Å²) >= 11 is 11.9. The van der Waals surface area contributed by atoms with Crippen LogP contribution in [-0.2, 0) is 4.79 Å². The Morgan fingerprint density at radius 1 is 1.28 bits per heavy atom. The van der Waals surface area contributed by atoms with Crippen LogP contribution in [0.25, 0.3) is 0 Å². The van der Waals surface area contributed by atoms with Crippen LogP contribution in [0, 0.1) is 0 Å². The molecule has 18 heavy (non-hydrogen) atoms. The maximum Gasteiger partial charge on any atom is 0.234 e. The third kappa shape index (κ3) is 4.84. The Hall–Kier alpha value is -0.770. The number of carbonyl (C=O) groups excluding carboxylic acids is 1. The Morgan fingerprint density at radius 3 is 2.50 bits per heavy atom. The van der Waals surface area contributed by atoms with E-state index in [0.29, 0.717) is 16.6 Å². The molecule has 1 aromatic rings. The van der Waals surface area contributed by atoms with Crippen LogP contribution in [0.2, 0.25) is 10.0 Å². The summed E-state index contributed by atoms with van der Waals surface area (Å²) in [6.45, 7) is 6.18. The second-order valence-electron chi connectivity index (χ2n) is 4.49. The molecule has 1 atom stereocenters. The van der Waals surface area contributed by atoms with Crippen LogP contribution in [0.5, 0.6) is 0 Å². The van der Waals surface area contributed by atoms with E-state index in [-0.39, 0.29) is 18.0 Å². The fraction of sp³-hybridized carbons (Fsp3) is 0.462. The Bertz CT molecular complexity index is 421. The predicted octanol–water partition coefficient (Wildman–Crippen LogP) is 3.17. The topological polar surface area (TPSA) is 41.1 Å². The maximum atomic E-state index is 11.7. The molecule has 5 heteroatoms. The van der Waals surface area contributed by atoms with Crippen LogP contribution >= 0.6 is 23.2 Å². The molecule has 3 nitrogen and oxygen atoms in total. The van der Waals surface area contributed by atoms with Crippen molar-refractivity contribution in [3.05, 3.63) is 33.8 Å². The number of carbonyl (C=O) groups is 1. The molecule has 0 heterocycles. The van der Waals surface area contributed by atoms with E-state index in [9.17, 15) is 4.79 Å². The van der Waals surface area contributed by atoms with Crippen LogP contribution in [0.4, 0.5) is 0 Å². The van der Waals surface area contributed by atoms with Crippen molar-refractivity contribution in [1.82, 2.24) is 10.6 Å². The summed E-state index contributed by atoms with van der Waals surface area (Å²) in [7, 11) is 0. The maximum absolute atomic E-state index is 11.7. The second-order valence-corrected chi connectivity index (χ2v) is 5.33. The highest BCUT2D eigenvalue weighted by Gasteiger charge is 2.12. The van der Waals surface area contributed by atoms with E-state index in [1.165, 1.54) is 0 Å². The van der Waals surface area contributed by atoms with E-state index in [1.807, 2.05) is 26.8 Å². The fourth-order valence-electron chi connectivity index (χ4n) is 1.52. The minimum absolute atomic E-state index is 0.0535. The highest BCUT2D eigenvalue weighted by Crippen LogP contribution is 2.25. The third-order valence-electron chi connectivity index (χ3n) is 2.48. The monoisotopic (exact) mass is 288 g/mol.